The number of ether oxygens (including phenoxy) is 1. The molecule has 1 aromatic carbocycles. The molecule has 0 fully saturated rings. The van der Waals surface area contributed by atoms with Crippen molar-refractivity contribution in [2.24, 2.45) is 5.73 Å². The molecule has 1 rings (SSSR count). The standard InChI is InChI=1S/C19H22BrN3O7S/c20-17-11(4-2-8-24)3-1-5-14(17)30-19(29)12(21)6-7-15(25)23-13(10-31)18(28)22-9-16(26)27/h1-5,8,12-13,31H,6-7,9-10,21H2,(H,22,28)(H,23,25)(H,26,27)/b4-2+. The maximum Gasteiger partial charge on any atom is 0.328 e. The molecule has 10 nitrogen and oxygen atoms in total. The van der Waals surface area contributed by atoms with Crippen LogP contribution in [0.3, 0.4) is 0 Å². The van der Waals surface area contributed by atoms with Gasteiger partial charge in [-0.25, -0.2) is 4.79 Å². The van der Waals surface area contributed by atoms with Gasteiger partial charge in [-0.05, 0) is 40.1 Å². The second-order valence-electron chi connectivity index (χ2n) is 6.14. The molecule has 168 valence electrons. The average molecular weight is 516 g/mol. The molecule has 0 aromatic heterocycles. The van der Waals surface area contributed by atoms with Crippen LogP contribution in [0.15, 0.2) is 28.7 Å². The predicted molar refractivity (Wildman–Crippen MR) is 119 cm³/mol. The third-order valence-electron chi connectivity index (χ3n) is 3.79. The van der Waals surface area contributed by atoms with Crippen LogP contribution in [0.4, 0.5) is 0 Å². The Morgan fingerprint density at radius 2 is 2.00 bits per heavy atom. The number of halogens is 1. The van der Waals surface area contributed by atoms with Gasteiger partial charge in [-0.2, -0.15) is 12.6 Å². The minimum Gasteiger partial charge on any atom is -0.480 e. The number of carbonyl (C=O) groups is 5. The molecule has 2 amide bonds. The van der Waals surface area contributed by atoms with Crippen LogP contribution in [-0.2, 0) is 24.0 Å². The summed E-state index contributed by atoms with van der Waals surface area (Å²) in [5, 5.41) is 13.1. The lowest BCUT2D eigenvalue weighted by Gasteiger charge is -2.17. The largest absolute Gasteiger partial charge is 0.480 e. The van der Waals surface area contributed by atoms with Crippen molar-refractivity contribution >= 4 is 64.7 Å². The van der Waals surface area contributed by atoms with Gasteiger partial charge in [0, 0.05) is 12.2 Å². The minimum absolute atomic E-state index is 0.0474. The highest BCUT2D eigenvalue weighted by molar-refractivity contribution is 9.10. The van der Waals surface area contributed by atoms with E-state index in [0.29, 0.717) is 16.3 Å². The summed E-state index contributed by atoms with van der Waals surface area (Å²) < 4.78 is 5.71. The van der Waals surface area contributed by atoms with E-state index in [2.05, 4.69) is 39.2 Å². The number of allylic oxidation sites excluding steroid dienone is 1. The van der Waals surface area contributed by atoms with Gasteiger partial charge in [-0.3, -0.25) is 19.2 Å². The van der Waals surface area contributed by atoms with E-state index in [4.69, 9.17) is 15.6 Å². The molecule has 0 saturated heterocycles. The molecule has 0 saturated carbocycles. The number of aliphatic carboxylic acids is 1. The number of carboxylic acid groups (broad SMARTS) is 1. The SMILES string of the molecule is NC(CCC(=O)NC(CS)C(=O)NCC(=O)O)C(=O)Oc1cccc(/C=C/C=O)c1Br. The van der Waals surface area contributed by atoms with Gasteiger partial charge in [0.1, 0.15) is 30.7 Å². The lowest BCUT2D eigenvalue weighted by atomic mass is 10.1. The van der Waals surface area contributed by atoms with Gasteiger partial charge >= 0.3 is 11.9 Å². The first kappa shape index (κ1) is 26.3. The fraction of sp³-hybridized carbons (Fsp3) is 0.316. The number of hydrogen-bond donors (Lipinski definition) is 5. The molecule has 31 heavy (non-hydrogen) atoms. The van der Waals surface area contributed by atoms with E-state index in [9.17, 15) is 24.0 Å². The van der Waals surface area contributed by atoms with Gasteiger partial charge in [0.15, 0.2) is 0 Å². The number of amides is 2. The normalized spacial score (nSPS) is 12.6. The first-order chi connectivity index (χ1) is 14.7. The quantitative estimate of drug-likeness (QED) is 0.0870. The maximum absolute atomic E-state index is 12.2. The van der Waals surface area contributed by atoms with Crippen LogP contribution in [-0.4, -0.2) is 59.5 Å². The zero-order valence-corrected chi connectivity index (χ0v) is 18.7. The van der Waals surface area contributed by atoms with Crippen LogP contribution in [0.25, 0.3) is 6.08 Å². The minimum atomic E-state index is -1.22. The van der Waals surface area contributed by atoms with E-state index in [1.807, 2.05) is 0 Å². The molecule has 12 heteroatoms. The highest BCUT2D eigenvalue weighted by Gasteiger charge is 2.22. The molecule has 0 aliphatic carbocycles. The van der Waals surface area contributed by atoms with E-state index in [-0.39, 0.29) is 24.3 Å². The summed E-state index contributed by atoms with van der Waals surface area (Å²) in [6.45, 7) is -0.586. The summed E-state index contributed by atoms with van der Waals surface area (Å²) in [4.78, 5) is 57.1. The van der Waals surface area contributed by atoms with E-state index < -0.39 is 42.4 Å². The summed E-state index contributed by atoms with van der Waals surface area (Å²) in [5.74, 6) is -3.09. The number of rotatable bonds is 12. The van der Waals surface area contributed by atoms with Crippen molar-refractivity contribution < 1.29 is 33.8 Å². The molecule has 1 aromatic rings. The van der Waals surface area contributed by atoms with Gasteiger partial charge < -0.3 is 26.2 Å². The van der Waals surface area contributed by atoms with Crippen molar-refractivity contribution in [3.05, 3.63) is 34.3 Å². The first-order valence-corrected chi connectivity index (χ1v) is 10.4. The van der Waals surface area contributed by atoms with Crippen molar-refractivity contribution in [2.75, 3.05) is 12.3 Å². The van der Waals surface area contributed by atoms with Crippen LogP contribution < -0.4 is 21.1 Å². The Labute approximate surface area is 192 Å². The Kier molecular flexibility index (Phi) is 11.5. The summed E-state index contributed by atoms with van der Waals surface area (Å²) in [7, 11) is 0. The van der Waals surface area contributed by atoms with E-state index >= 15 is 0 Å². The zero-order valence-electron chi connectivity index (χ0n) is 16.2. The van der Waals surface area contributed by atoms with Crippen LogP contribution in [0.5, 0.6) is 5.75 Å². The monoisotopic (exact) mass is 515 g/mol. The van der Waals surface area contributed by atoms with Crippen LogP contribution in [0.2, 0.25) is 0 Å². The molecule has 0 aliphatic heterocycles. The predicted octanol–water partition coefficient (Wildman–Crippen LogP) is 0.290. The molecule has 0 spiro atoms. The second-order valence-corrected chi connectivity index (χ2v) is 7.29. The Balaban J connectivity index is 2.59. The Morgan fingerprint density at radius 1 is 1.29 bits per heavy atom. The number of nitrogens with one attached hydrogen (secondary N) is 2. The molecule has 0 heterocycles. The maximum atomic E-state index is 12.2. The molecule has 5 N–H and O–H groups in total. The summed E-state index contributed by atoms with van der Waals surface area (Å²) in [6.07, 6.45) is 3.21. The molecule has 0 bridgehead atoms. The lowest BCUT2D eigenvalue weighted by Crippen LogP contribution is -2.49. The number of nitrogens with two attached hydrogens (primary N) is 1. The highest BCUT2D eigenvalue weighted by Crippen LogP contribution is 2.29. The van der Waals surface area contributed by atoms with Gasteiger partial charge in [-0.15, -0.1) is 0 Å². The van der Waals surface area contributed by atoms with E-state index in [1.165, 1.54) is 18.2 Å². The number of carboxylic acids is 1. The van der Waals surface area contributed by atoms with Gasteiger partial charge in [0.2, 0.25) is 11.8 Å². The fourth-order valence-electron chi connectivity index (χ4n) is 2.21. The molecular formula is C19H22BrN3O7S. The summed E-state index contributed by atoms with van der Waals surface area (Å²) >= 11 is 7.25. The zero-order chi connectivity index (χ0) is 23.4. The molecule has 0 aliphatic rings. The lowest BCUT2D eigenvalue weighted by molar-refractivity contribution is -0.138. The topological polar surface area (TPSA) is 165 Å². The van der Waals surface area contributed by atoms with Crippen molar-refractivity contribution in [3.63, 3.8) is 0 Å². The van der Waals surface area contributed by atoms with Gasteiger partial charge in [0.25, 0.3) is 0 Å². The Morgan fingerprint density at radius 3 is 2.61 bits per heavy atom. The van der Waals surface area contributed by atoms with Crippen LogP contribution in [0, 0.1) is 0 Å². The number of esters is 1. The fourth-order valence-corrected chi connectivity index (χ4v) is 2.95. The van der Waals surface area contributed by atoms with Crippen molar-refractivity contribution in [2.45, 2.75) is 24.9 Å². The molecule has 2 atom stereocenters. The summed E-state index contributed by atoms with van der Waals surface area (Å²) in [5.41, 5.74) is 6.41. The van der Waals surface area contributed by atoms with Gasteiger partial charge in [-0.1, -0.05) is 18.2 Å². The van der Waals surface area contributed by atoms with Crippen molar-refractivity contribution in [3.8, 4) is 5.75 Å². The first-order valence-electron chi connectivity index (χ1n) is 8.97. The van der Waals surface area contributed by atoms with Crippen LogP contribution in [0.1, 0.15) is 18.4 Å². The summed E-state index contributed by atoms with van der Waals surface area (Å²) in [6, 6.07) is 2.73. The number of benzene rings is 1. The number of thiol groups is 1. The highest BCUT2D eigenvalue weighted by atomic mass is 79.9. The van der Waals surface area contributed by atoms with Crippen molar-refractivity contribution in [1.29, 1.82) is 0 Å². The van der Waals surface area contributed by atoms with Crippen LogP contribution >= 0.6 is 28.6 Å². The average Bonchev–Trinajstić information content (AvgIpc) is 2.74. The third kappa shape index (κ3) is 9.32. The van der Waals surface area contributed by atoms with E-state index in [1.54, 1.807) is 12.1 Å². The second kappa shape index (κ2) is 13.6. The molecule has 2 unspecified atom stereocenters. The Hall–Kier alpha value is -2.70. The molecular weight excluding hydrogens is 494 g/mol. The smallest absolute Gasteiger partial charge is 0.328 e. The number of hydrogen-bond acceptors (Lipinski definition) is 8. The number of aldehydes is 1. The molecule has 0 radical (unpaired) electrons. The van der Waals surface area contributed by atoms with Gasteiger partial charge in [0.05, 0.1) is 4.47 Å². The third-order valence-corrected chi connectivity index (χ3v) is 5.01. The Bertz CT molecular complexity index is 863. The van der Waals surface area contributed by atoms with Crippen molar-refractivity contribution in [1.82, 2.24) is 10.6 Å². The number of carbonyl (C=O) groups excluding carboxylic acids is 4. The van der Waals surface area contributed by atoms with E-state index in [0.717, 1.165) is 0 Å².